The van der Waals surface area contributed by atoms with E-state index in [9.17, 15) is 4.79 Å². The summed E-state index contributed by atoms with van der Waals surface area (Å²) < 4.78 is 4.98. The molecule has 1 atom stereocenters. The van der Waals surface area contributed by atoms with E-state index in [1.165, 1.54) is 7.11 Å². The molecule has 0 aliphatic carbocycles. The van der Waals surface area contributed by atoms with Gasteiger partial charge < -0.3 is 9.64 Å². The van der Waals surface area contributed by atoms with Crippen molar-refractivity contribution in [3.63, 3.8) is 0 Å². The van der Waals surface area contributed by atoms with Crippen LogP contribution in [0, 0.1) is 11.3 Å². The van der Waals surface area contributed by atoms with E-state index in [-0.39, 0.29) is 17.3 Å². The smallest absolute Gasteiger partial charge is 0.311 e. The molecule has 1 unspecified atom stereocenters. The first kappa shape index (κ1) is 17.2. The van der Waals surface area contributed by atoms with Gasteiger partial charge in [0, 0.05) is 18.5 Å². The third kappa shape index (κ3) is 3.42. The average Bonchev–Trinajstić information content (AvgIpc) is 2.96. The SMILES string of the molecule is COC(=O)C(C)(C)C1CCCN(c2nnc(C(C)(C)C)s2)C1. The molecule has 0 N–H and O–H groups in total. The Kier molecular flexibility index (Phi) is 4.80. The van der Waals surface area contributed by atoms with Crippen LogP contribution in [0.5, 0.6) is 0 Å². The Balaban J connectivity index is 2.14. The minimum atomic E-state index is -0.467. The van der Waals surface area contributed by atoms with Crippen LogP contribution in [0.1, 0.15) is 52.5 Å². The molecule has 22 heavy (non-hydrogen) atoms. The van der Waals surface area contributed by atoms with E-state index in [2.05, 4.69) is 35.9 Å². The Morgan fingerprint density at radius 1 is 1.27 bits per heavy atom. The zero-order valence-electron chi connectivity index (χ0n) is 14.5. The summed E-state index contributed by atoms with van der Waals surface area (Å²) in [5, 5.41) is 10.7. The number of methoxy groups -OCH3 is 1. The molecule has 5 nitrogen and oxygen atoms in total. The van der Waals surface area contributed by atoms with Gasteiger partial charge in [-0.15, -0.1) is 10.2 Å². The lowest BCUT2D eigenvalue weighted by Gasteiger charge is -2.39. The summed E-state index contributed by atoms with van der Waals surface area (Å²) in [6.45, 7) is 12.2. The highest BCUT2D eigenvalue weighted by atomic mass is 32.1. The Morgan fingerprint density at radius 2 is 1.95 bits per heavy atom. The molecule has 0 bridgehead atoms. The first-order valence-corrected chi connectivity index (χ1v) is 8.65. The number of hydrogen-bond acceptors (Lipinski definition) is 6. The summed E-state index contributed by atoms with van der Waals surface area (Å²) in [5.41, 5.74) is -0.443. The Hall–Kier alpha value is -1.17. The fraction of sp³-hybridized carbons (Fsp3) is 0.812. The van der Waals surface area contributed by atoms with Crippen LogP contribution in [-0.4, -0.2) is 36.4 Å². The van der Waals surface area contributed by atoms with Crippen molar-refractivity contribution < 1.29 is 9.53 Å². The second kappa shape index (κ2) is 6.14. The molecule has 1 saturated heterocycles. The van der Waals surface area contributed by atoms with Crippen molar-refractivity contribution >= 4 is 22.4 Å². The van der Waals surface area contributed by atoms with Gasteiger partial charge in [-0.25, -0.2) is 0 Å². The maximum Gasteiger partial charge on any atom is 0.311 e. The highest BCUT2D eigenvalue weighted by Crippen LogP contribution is 2.38. The van der Waals surface area contributed by atoms with Gasteiger partial charge in [0.15, 0.2) is 0 Å². The monoisotopic (exact) mass is 325 g/mol. The second-order valence-corrected chi connectivity index (χ2v) is 8.59. The zero-order chi connectivity index (χ0) is 16.5. The van der Waals surface area contributed by atoms with Crippen LogP contribution in [0.25, 0.3) is 0 Å². The Labute approximate surface area is 137 Å². The Morgan fingerprint density at radius 3 is 2.50 bits per heavy atom. The quantitative estimate of drug-likeness (QED) is 0.799. The number of rotatable bonds is 3. The summed E-state index contributed by atoms with van der Waals surface area (Å²) in [6.07, 6.45) is 2.11. The number of aromatic nitrogens is 2. The van der Waals surface area contributed by atoms with Gasteiger partial charge in [-0.2, -0.15) is 0 Å². The standard InChI is InChI=1S/C16H27N3O2S/c1-15(2,3)12-17-18-14(22-12)19-9-7-8-11(10-19)16(4,5)13(20)21-6/h11H,7-10H2,1-6H3. The fourth-order valence-corrected chi connectivity index (χ4v) is 3.75. The number of ether oxygens (including phenoxy) is 1. The molecule has 0 amide bonds. The molecule has 2 heterocycles. The number of carbonyl (C=O) groups excluding carboxylic acids is 1. The fourth-order valence-electron chi connectivity index (χ4n) is 2.82. The summed E-state index contributed by atoms with van der Waals surface area (Å²) in [4.78, 5) is 14.3. The van der Waals surface area contributed by atoms with Crippen molar-refractivity contribution in [1.29, 1.82) is 0 Å². The van der Waals surface area contributed by atoms with Gasteiger partial charge in [-0.3, -0.25) is 4.79 Å². The van der Waals surface area contributed by atoms with Crippen LogP contribution in [0.4, 0.5) is 5.13 Å². The van der Waals surface area contributed by atoms with Crippen LogP contribution >= 0.6 is 11.3 Å². The molecule has 1 fully saturated rings. The highest BCUT2D eigenvalue weighted by Gasteiger charge is 2.40. The minimum Gasteiger partial charge on any atom is -0.469 e. The molecule has 0 saturated carbocycles. The van der Waals surface area contributed by atoms with Crippen molar-refractivity contribution in [2.75, 3.05) is 25.1 Å². The van der Waals surface area contributed by atoms with E-state index in [1.54, 1.807) is 11.3 Å². The van der Waals surface area contributed by atoms with Gasteiger partial charge in [-0.1, -0.05) is 32.1 Å². The van der Waals surface area contributed by atoms with E-state index in [0.29, 0.717) is 0 Å². The molecule has 1 aliphatic rings. The third-order valence-electron chi connectivity index (χ3n) is 4.48. The lowest BCUT2D eigenvalue weighted by Crippen LogP contribution is -2.45. The van der Waals surface area contributed by atoms with E-state index in [0.717, 1.165) is 36.1 Å². The summed E-state index contributed by atoms with van der Waals surface area (Å²) in [7, 11) is 1.46. The Bertz CT molecular complexity index is 534. The molecule has 1 aromatic rings. The maximum atomic E-state index is 12.0. The molecular formula is C16H27N3O2S. The van der Waals surface area contributed by atoms with Crippen LogP contribution in [0.2, 0.25) is 0 Å². The number of esters is 1. The molecule has 1 aliphatic heterocycles. The van der Waals surface area contributed by atoms with Crippen molar-refractivity contribution in [3.8, 4) is 0 Å². The topological polar surface area (TPSA) is 55.3 Å². The molecule has 124 valence electrons. The van der Waals surface area contributed by atoms with Crippen LogP contribution < -0.4 is 4.90 Å². The van der Waals surface area contributed by atoms with Gasteiger partial charge in [0.2, 0.25) is 5.13 Å². The van der Waals surface area contributed by atoms with Crippen molar-refractivity contribution in [2.45, 2.75) is 52.9 Å². The largest absolute Gasteiger partial charge is 0.469 e. The van der Waals surface area contributed by atoms with Crippen LogP contribution in [0.3, 0.4) is 0 Å². The van der Waals surface area contributed by atoms with Crippen LogP contribution in [0.15, 0.2) is 0 Å². The van der Waals surface area contributed by atoms with Crippen molar-refractivity contribution in [2.24, 2.45) is 11.3 Å². The number of nitrogens with zero attached hydrogens (tertiary/aromatic N) is 3. The van der Waals surface area contributed by atoms with Gasteiger partial charge in [0.25, 0.3) is 0 Å². The molecule has 2 rings (SSSR count). The number of hydrogen-bond donors (Lipinski definition) is 0. The maximum absolute atomic E-state index is 12.0. The molecule has 0 aromatic carbocycles. The minimum absolute atomic E-state index is 0.0242. The van der Waals surface area contributed by atoms with E-state index in [4.69, 9.17) is 4.74 Å². The number of anilines is 1. The van der Waals surface area contributed by atoms with Crippen molar-refractivity contribution in [1.82, 2.24) is 10.2 Å². The lowest BCUT2D eigenvalue weighted by atomic mass is 9.74. The van der Waals surface area contributed by atoms with Gasteiger partial charge in [0.05, 0.1) is 12.5 Å². The van der Waals surface area contributed by atoms with E-state index in [1.807, 2.05) is 13.8 Å². The first-order chi connectivity index (χ1) is 10.2. The molecule has 0 radical (unpaired) electrons. The predicted molar refractivity (Wildman–Crippen MR) is 89.3 cm³/mol. The third-order valence-corrected chi connectivity index (χ3v) is 5.89. The second-order valence-electron chi connectivity index (χ2n) is 7.64. The van der Waals surface area contributed by atoms with E-state index >= 15 is 0 Å². The first-order valence-electron chi connectivity index (χ1n) is 7.83. The van der Waals surface area contributed by atoms with Crippen LogP contribution in [-0.2, 0) is 14.9 Å². The van der Waals surface area contributed by atoms with Gasteiger partial charge in [-0.05, 0) is 32.6 Å². The van der Waals surface area contributed by atoms with Gasteiger partial charge in [0.1, 0.15) is 5.01 Å². The average molecular weight is 325 g/mol. The highest BCUT2D eigenvalue weighted by molar-refractivity contribution is 7.15. The molecule has 1 aromatic heterocycles. The summed E-state index contributed by atoms with van der Waals surface area (Å²) in [5.74, 6) is 0.141. The lowest BCUT2D eigenvalue weighted by molar-refractivity contribution is -0.154. The van der Waals surface area contributed by atoms with E-state index < -0.39 is 5.41 Å². The molecule has 0 spiro atoms. The summed E-state index contributed by atoms with van der Waals surface area (Å²) in [6, 6.07) is 0. The molecular weight excluding hydrogens is 298 g/mol. The normalized spacial score (nSPS) is 20.1. The molecule has 6 heteroatoms. The zero-order valence-corrected chi connectivity index (χ0v) is 15.3. The predicted octanol–water partition coefficient (Wildman–Crippen LogP) is 3.25. The summed E-state index contributed by atoms with van der Waals surface area (Å²) >= 11 is 1.66. The van der Waals surface area contributed by atoms with Crippen molar-refractivity contribution in [3.05, 3.63) is 5.01 Å². The number of piperidine rings is 1. The van der Waals surface area contributed by atoms with Gasteiger partial charge >= 0.3 is 5.97 Å². The number of carbonyl (C=O) groups is 1.